The first-order valence-corrected chi connectivity index (χ1v) is 5.49. The summed E-state index contributed by atoms with van der Waals surface area (Å²) in [7, 11) is 0. The molecule has 15 heavy (non-hydrogen) atoms. The molecular weight excluding hydrogens is 212 g/mol. The van der Waals surface area contributed by atoms with E-state index < -0.39 is 6.10 Å². The van der Waals surface area contributed by atoms with E-state index in [0.29, 0.717) is 5.75 Å². The number of ether oxygens (including phenoxy) is 1. The maximum absolute atomic E-state index is 11.5. The maximum Gasteiger partial charge on any atom is 0.188 e. The van der Waals surface area contributed by atoms with Crippen molar-refractivity contribution in [2.75, 3.05) is 5.88 Å². The van der Waals surface area contributed by atoms with Crippen molar-refractivity contribution in [3.05, 3.63) is 30.3 Å². The van der Waals surface area contributed by atoms with E-state index in [9.17, 15) is 4.79 Å². The number of carbonyl (C=O) groups is 1. The standard InChI is InChI=1S/C12H15ClO2/c1-9(2)12(11(14)8-13)15-10-6-4-3-5-7-10/h3-7,9,12H,8H2,1-2H3. The third-order valence-corrected chi connectivity index (χ3v) is 2.32. The van der Waals surface area contributed by atoms with Crippen molar-refractivity contribution in [1.29, 1.82) is 0 Å². The predicted octanol–water partition coefficient (Wildman–Crippen LogP) is 2.90. The van der Waals surface area contributed by atoms with E-state index in [-0.39, 0.29) is 17.6 Å². The Morgan fingerprint density at radius 2 is 1.93 bits per heavy atom. The van der Waals surface area contributed by atoms with E-state index in [1.54, 1.807) is 0 Å². The summed E-state index contributed by atoms with van der Waals surface area (Å²) < 4.78 is 5.59. The van der Waals surface area contributed by atoms with Crippen LogP contribution in [0.15, 0.2) is 30.3 Å². The maximum atomic E-state index is 11.5. The Kier molecular flexibility index (Phi) is 4.63. The number of rotatable bonds is 5. The number of halogens is 1. The molecule has 3 heteroatoms. The fraction of sp³-hybridized carbons (Fsp3) is 0.417. The number of carbonyl (C=O) groups excluding carboxylic acids is 1. The summed E-state index contributed by atoms with van der Waals surface area (Å²) in [4.78, 5) is 11.5. The van der Waals surface area contributed by atoms with E-state index in [0.717, 1.165) is 0 Å². The number of Topliss-reactive ketones (excluding diaryl/α,β-unsaturated/α-hetero) is 1. The topological polar surface area (TPSA) is 26.3 Å². The highest BCUT2D eigenvalue weighted by molar-refractivity contribution is 6.28. The van der Waals surface area contributed by atoms with Gasteiger partial charge >= 0.3 is 0 Å². The molecule has 0 radical (unpaired) electrons. The Morgan fingerprint density at radius 1 is 1.33 bits per heavy atom. The minimum atomic E-state index is -0.454. The van der Waals surface area contributed by atoms with Gasteiger partial charge in [0, 0.05) is 0 Å². The molecule has 0 aromatic heterocycles. The van der Waals surface area contributed by atoms with Gasteiger partial charge in [0.2, 0.25) is 0 Å². The van der Waals surface area contributed by atoms with Gasteiger partial charge in [-0.3, -0.25) is 4.79 Å². The molecule has 0 aliphatic rings. The minimum absolute atomic E-state index is 0.00429. The highest BCUT2D eigenvalue weighted by atomic mass is 35.5. The molecule has 1 unspecified atom stereocenters. The third-order valence-electron chi connectivity index (χ3n) is 2.06. The first kappa shape index (κ1) is 12.1. The van der Waals surface area contributed by atoms with Crippen LogP contribution in [0.5, 0.6) is 5.75 Å². The Bertz CT molecular complexity index is 309. The Balaban J connectivity index is 2.72. The third kappa shape index (κ3) is 3.56. The molecule has 0 spiro atoms. The zero-order valence-corrected chi connectivity index (χ0v) is 9.70. The van der Waals surface area contributed by atoms with Gasteiger partial charge in [-0.2, -0.15) is 0 Å². The minimum Gasteiger partial charge on any atom is -0.482 e. The zero-order chi connectivity index (χ0) is 11.3. The smallest absolute Gasteiger partial charge is 0.188 e. The monoisotopic (exact) mass is 226 g/mol. The number of ketones is 1. The molecule has 1 rings (SSSR count). The molecule has 2 nitrogen and oxygen atoms in total. The molecule has 0 aliphatic carbocycles. The average molecular weight is 227 g/mol. The van der Waals surface area contributed by atoms with Gasteiger partial charge in [0.1, 0.15) is 5.75 Å². The highest BCUT2D eigenvalue weighted by Crippen LogP contribution is 2.16. The Morgan fingerprint density at radius 3 is 2.40 bits per heavy atom. The first-order valence-electron chi connectivity index (χ1n) is 4.95. The number of benzene rings is 1. The fourth-order valence-electron chi connectivity index (χ4n) is 1.30. The van der Waals surface area contributed by atoms with Crippen molar-refractivity contribution in [3.63, 3.8) is 0 Å². The first-order chi connectivity index (χ1) is 7.15. The van der Waals surface area contributed by atoms with Gasteiger partial charge < -0.3 is 4.74 Å². The summed E-state index contributed by atoms with van der Waals surface area (Å²) in [6.07, 6.45) is -0.454. The Hall–Kier alpha value is -1.02. The average Bonchev–Trinajstić information content (AvgIpc) is 2.26. The number of hydrogen-bond donors (Lipinski definition) is 0. The van der Waals surface area contributed by atoms with Crippen molar-refractivity contribution < 1.29 is 9.53 Å². The summed E-state index contributed by atoms with van der Waals surface area (Å²) >= 11 is 5.53. The molecule has 0 saturated carbocycles. The summed E-state index contributed by atoms with van der Waals surface area (Å²) in [5.41, 5.74) is 0. The fourth-order valence-corrected chi connectivity index (χ4v) is 1.45. The van der Waals surface area contributed by atoms with Crippen LogP contribution in [0.1, 0.15) is 13.8 Å². The Labute approximate surface area is 95.2 Å². The summed E-state index contributed by atoms with van der Waals surface area (Å²) in [6.45, 7) is 3.89. The number of para-hydroxylation sites is 1. The highest BCUT2D eigenvalue weighted by Gasteiger charge is 2.22. The van der Waals surface area contributed by atoms with E-state index in [1.807, 2.05) is 44.2 Å². The van der Waals surface area contributed by atoms with Crippen LogP contribution in [0, 0.1) is 5.92 Å². The predicted molar refractivity (Wildman–Crippen MR) is 61.4 cm³/mol. The van der Waals surface area contributed by atoms with Crippen molar-refractivity contribution >= 4 is 17.4 Å². The molecule has 1 aromatic rings. The van der Waals surface area contributed by atoms with Crippen molar-refractivity contribution in [3.8, 4) is 5.75 Å². The molecule has 0 bridgehead atoms. The van der Waals surface area contributed by atoms with E-state index in [2.05, 4.69) is 0 Å². The molecule has 0 amide bonds. The molecule has 0 aliphatic heterocycles. The largest absolute Gasteiger partial charge is 0.482 e. The van der Waals surface area contributed by atoms with E-state index >= 15 is 0 Å². The van der Waals surface area contributed by atoms with Crippen molar-refractivity contribution in [2.24, 2.45) is 5.92 Å². The van der Waals surface area contributed by atoms with Gasteiger partial charge in [0.25, 0.3) is 0 Å². The van der Waals surface area contributed by atoms with Gasteiger partial charge in [-0.15, -0.1) is 11.6 Å². The molecule has 0 N–H and O–H groups in total. The molecule has 0 heterocycles. The van der Waals surface area contributed by atoms with E-state index in [4.69, 9.17) is 16.3 Å². The molecule has 82 valence electrons. The lowest BCUT2D eigenvalue weighted by Gasteiger charge is -2.20. The summed E-state index contributed by atoms with van der Waals surface area (Å²) in [6, 6.07) is 9.31. The van der Waals surface area contributed by atoms with Crippen LogP contribution in [0.4, 0.5) is 0 Å². The van der Waals surface area contributed by atoms with Crippen LogP contribution in [-0.2, 0) is 4.79 Å². The van der Waals surface area contributed by atoms with Gasteiger partial charge in [0.15, 0.2) is 11.9 Å². The van der Waals surface area contributed by atoms with Gasteiger partial charge in [-0.25, -0.2) is 0 Å². The quantitative estimate of drug-likeness (QED) is 0.722. The SMILES string of the molecule is CC(C)C(Oc1ccccc1)C(=O)CCl. The second kappa shape index (κ2) is 5.76. The molecular formula is C12H15ClO2. The van der Waals surface area contributed by atoms with Crippen LogP contribution in [-0.4, -0.2) is 17.8 Å². The lowest BCUT2D eigenvalue weighted by molar-refractivity contribution is -0.125. The van der Waals surface area contributed by atoms with Crippen LogP contribution < -0.4 is 4.74 Å². The van der Waals surface area contributed by atoms with Crippen LogP contribution in [0.25, 0.3) is 0 Å². The second-order valence-electron chi connectivity index (χ2n) is 3.70. The lowest BCUT2D eigenvalue weighted by atomic mass is 10.0. The van der Waals surface area contributed by atoms with Gasteiger partial charge in [-0.1, -0.05) is 32.0 Å². The summed E-state index contributed by atoms with van der Waals surface area (Å²) in [5, 5.41) is 0. The van der Waals surface area contributed by atoms with Gasteiger partial charge in [0.05, 0.1) is 5.88 Å². The van der Waals surface area contributed by atoms with Crippen molar-refractivity contribution in [1.82, 2.24) is 0 Å². The van der Waals surface area contributed by atoms with Crippen molar-refractivity contribution in [2.45, 2.75) is 20.0 Å². The molecule has 0 fully saturated rings. The van der Waals surface area contributed by atoms with Crippen LogP contribution in [0.2, 0.25) is 0 Å². The van der Waals surface area contributed by atoms with Gasteiger partial charge in [-0.05, 0) is 18.1 Å². The second-order valence-corrected chi connectivity index (χ2v) is 3.96. The zero-order valence-electron chi connectivity index (χ0n) is 8.94. The van der Waals surface area contributed by atoms with E-state index in [1.165, 1.54) is 0 Å². The lowest BCUT2D eigenvalue weighted by Crippen LogP contribution is -2.33. The summed E-state index contributed by atoms with van der Waals surface area (Å²) in [5.74, 6) is 0.747. The molecule has 1 atom stereocenters. The van der Waals surface area contributed by atoms with Crippen LogP contribution >= 0.6 is 11.6 Å². The molecule has 1 aromatic carbocycles. The molecule has 0 saturated heterocycles. The van der Waals surface area contributed by atoms with Crippen LogP contribution in [0.3, 0.4) is 0 Å². The number of hydrogen-bond acceptors (Lipinski definition) is 2. The number of alkyl halides is 1. The normalized spacial score (nSPS) is 12.5.